The number of imidazole rings is 1. The number of hydrogen-bond donors (Lipinski definition) is 2. The zero-order valence-electron chi connectivity index (χ0n) is 20.5. The van der Waals surface area contributed by atoms with Gasteiger partial charge in [-0.1, -0.05) is 36.3 Å². The quantitative estimate of drug-likeness (QED) is 0.317. The number of benzene rings is 2. The molecule has 4 aromatic rings. The highest BCUT2D eigenvalue weighted by atomic mass is 16.5. The molecular formula is C28H24N6O4. The molecule has 1 aliphatic heterocycles. The number of carbonyl (C=O) groups is 3. The number of likely N-dealkylation sites (N-methyl/N-ethyl adjacent to an activating group) is 1. The summed E-state index contributed by atoms with van der Waals surface area (Å²) in [5.41, 5.74) is 3.51. The fraction of sp³-hybridized carbons (Fsp3) is 0.179. The molecule has 0 saturated heterocycles. The number of ether oxygens (including phenoxy) is 1. The molecule has 0 spiro atoms. The number of nitrogens with zero attached hydrogens (tertiary/aromatic N) is 4. The van der Waals surface area contributed by atoms with Crippen molar-refractivity contribution in [3.63, 3.8) is 0 Å². The van der Waals surface area contributed by atoms with E-state index in [1.54, 1.807) is 48.2 Å². The molecule has 0 radical (unpaired) electrons. The van der Waals surface area contributed by atoms with E-state index in [0.29, 0.717) is 41.3 Å². The van der Waals surface area contributed by atoms with Gasteiger partial charge in [-0.3, -0.25) is 14.4 Å². The van der Waals surface area contributed by atoms with E-state index in [0.717, 1.165) is 5.56 Å². The number of carbonyl (C=O) groups excluding carboxylic acids is 3. The summed E-state index contributed by atoms with van der Waals surface area (Å²) in [4.78, 5) is 43.5. The fourth-order valence-electron chi connectivity index (χ4n) is 4.00. The van der Waals surface area contributed by atoms with E-state index < -0.39 is 23.8 Å². The summed E-state index contributed by atoms with van der Waals surface area (Å²) in [5, 5.41) is 9.32. The number of nitrogens with one attached hydrogen (secondary N) is 2. The highest BCUT2D eigenvalue weighted by Crippen LogP contribution is 2.31. The molecule has 2 aromatic heterocycles. The molecule has 3 heterocycles. The Morgan fingerprint density at radius 1 is 1.08 bits per heavy atom. The largest absolute Gasteiger partial charge is 0.489 e. The second-order valence-corrected chi connectivity index (χ2v) is 8.60. The van der Waals surface area contributed by atoms with Crippen molar-refractivity contribution >= 4 is 29.1 Å². The molecule has 2 aromatic carbocycles. The molecule has 1 aliphatic rings. The molecule has 5 rings (SSSR count). The van der Waals surface area contributed by atoms with Gasteiger partial charge in [-0.05, 0) is 48.2 Å². The van der Waals surface area contributed by atoms with Crippen molar-refractivity contribution in [1.82, 2.24) is 25.2 Å². The standard InChI is InChI=1S/C28H24N6O4/c1-33-23-16-20(9-11-21-17-30-25-8-5-14-31-34(21)25)10-12-24(23)38-18-22(28(33)37)32-27(36)26(35)29-15-13-19-6-3-2-4-7-19/h2-8,10,12,14,16-17,22H,13,15,18H2,1H3,(H,29,35)(H,32,36)/t22-/m0/s1. The summed E-state index contributed by atoms with van der Waals surface area (Å²) < 4.78 is 7.44. The number of anilines is 1. The molecule has 10 nitrogen and oxygen atoms in total. The second kappa shape index (κ2) is 10.8. The van der Waals surface area contributed by atoms with Gasteiger partial charge in [-0.15, -0.1) is 0 Å². The summed E-state index contributed by atoms with van der Waals surface area (Å²) >= 11 is 0. The first kappa shape index (κ1) is 24.5. The van der Waals surface area contributed by atoms with Crippen LogP contribution in [0.1, 0.15) is 16.8 Å². The Balaban J connectivity index is 1.23. The van der Waals surface area contributed by atoms with Gasteiger partial charge in [-0.2, -0.15) is 5.10 Å². The normalized spacial score (nSPS) is 14.5. The number of fused-ring (bicyclic) bond motifs is 2. The molecule has 190 valence electrons. The zero-order valence-corrected chi connectivity index (χ0v) is 20.5. The zero-order chi connectivity index (χ0) is 26.5. The number of rotatable bonds is 4. The van der Waals surface area contributed by atoms with Crippen molar-refractivity contribution in [3.05, 3.63) is 89.9 Å². The molecule has 0 aliphatic carbocycles. The number of hydrogen-bond acceptors (Lipinski definition) is 6. The summed E-state index contributed by atoms with van der Waals surface area (Å²) in [6, 6.07) is 17.4. The number of aromatic nitrogens is 3. The van der Waals surface area contributed by atoms with Crippen LogP contribution in [0.4, 0.5) is 5.69 Å². The van der Waals surface area contributed by atoms with Gasteiger partial charge in [0.2, 0.25) is 0 Å². The first-order valence-corrected chi connectivity index (χ1v) is 12.0. The fourth-order valence-corrected chi connectivity index (χ4v) is 4.00. The molecule has 0 saturated carbocycles. The molecule has 10 heteroatoms. The van der Waals surface area contributed by atoms with E-state index in [9.17, 15) is 14.4 Å². The lowest BCUT2D eigenvalue weighted by atomic mass is 10.1. The van der Waals surface area contributed by atoms with Gasteiger partial charge >= 0.3 is 11.8 Å². The maximum Gasteiger partial charge on any atom is 0.310 e. The lowest BCUT2D eigenvalue weighted by molar-refractivity contribution is -0.140. The smallest absolute Gasteiger partial charge is 0.310 e. The summed E-state index contributed by atoms with van der Waals surface area (Å²) in [6.45, 7) is 0.184. The van der Waals surface area contributed by atoms with Crippen LogP contribution in [-0.4, -0.2) is 58.6 Å². The molecule has 1 atom stereocenters. The first-order valence-electron chi connectivity index (χ1n) is 12.0. The second-order valence-electron chi connectivity index (χ2n) is 8.60. The van der Waals surface area contributed by atoms with E-state index in [-0.39, 0.29) is 6.61 Å². The Labute approximate surface area is 218 Å². The first-order chi connectivity index (χ1) is 18.5. The summed E-state index contributed by atoms with van der Waals surface area (Å²) in [5.74, 6) is 4.47. The summed E-state index contributed by atoms with van der Waals surface area (Å²) in [6.07, 6.45) is 3.88. The molecule has 2 N–H and O–H groups in total. The van der Waals surface area contributed by atoms with Crippen LogP contribution in [0.15, 0.2) is 73.1 Å². The van der Waals surface area contributed by atoms with Crippen LogP contribution in [0, 0.1) is 11.8 Å². The molecule has 3 amide bonds. The molecule has 38 heavy (non-hydrogen) atoms. The summed E-state index contributed by atoms with van der Waals surface area (Å²) in [7, 11) is 1.58. The third kappa shape index (κ3) is 5.32. The Hall–Kier alpha value is -5.17. The minimum atomic E-state index is -1.03. The highest BCUT2D eigenvalue weighted by Gasteiger charge is 2.32. The van der Waals surface area contributed by atoms with Gasteiger partial charge in [0.15, 0.2) is 5.65 Å². The van der Waals surface area contributed by atoms with Crippen LogP contribution in [0.2, 0.25) is 0 Å². The van der Waals surface area contributed by atoms with Crippen molar-refractivity contribution in [3.8, 4) is 17.6 Å². The van der Waals surface area contributed by atoms with Crippen LogP contribution in [-0.2, 0) is 20.8 Å². The van der Waals surface area contributed by atoms with Crippen LogP contribution in [0.5, 0.6) is 5.75 Å². The number of amides is 3. The Bertz CT molecular complexity index is 1570. The molecule has 0 unspecified atom stereocenters. The highest BCUT2D eigenvalue weighted by molar-refractivity contribution is 6.35. The minimum Gasteiger partial charge on any atom is -0.489 e. The molecular weight excluding hydrogens is 484 g/mol. The molecule has 0 fully saturated rings. The molecule has 0 bridgehead atoms. The van der Waals surface area contributed by atoms with Gasteiger partial charge in [0, 0.05) is 25.4 Å². The van der Waals surface area contributed by atoms with E-state index >= 15 is 0 Å². The Morgan fingerprint density at radius 2 is 1.92 bits per heavy atom. The van der Waals surface area contributed by atoms with Crippen molar-refractivity contribution in [2.24, 2.45) is 0 Å². The van der Waals surface area contributed by atoms with E-state index in [2.05, 4.69) is 32.6 Å². The van der Waals surface area contributed by atoms with Crippen LogP contribution < -0.4 is 20.3 Å². The monoisotopic (exact) mass is 508 g/mol. The van der Waals surface area contributed by atoms with Gasteiger partial charge in [0.05, 0.1) is 11.9 Å². The van der Waals surface area contributed by atoms with Crippen LogP contribution in [0.3, 0.4) is 0 Å². The van der Waals surface area contributed by atoms with Crippen molar-refractivity contribution in [2.75, 3.05) is 25.1 Å². The Kier molecular flexibility index (Phi) is 6.99. The SMILES string of the molecule is CN1C(=O)[C@@H](NC(=O)C(=O)NCCc2ccccc2)COc2ccc(C#Cc3cnc4cccnn34)cc21. The lowest BCUT2D eigenvalue weighted by Gasteiger charge is -2.20. The van der Waals surface area contributed by atoms with E-state index in [1.165, 1.54) is 4.90 Å². The predicted molar refractivity (Wildman–Crippen MR) is 139 cm³/mol. The average molecular weight is 509 g/mol. The van der Waals surface area contributed by atoms with Crippen molar-refractivity contribution in [2.45, 2.75) is 12.5 Å². The topological polar surface area (TPSA) is 118 Å². The van der Waals surface area contributed by atoms with Gasteiger partial charge < -0.3 is 20.3 Å². The van der Waals surface area contributed by atoms with Crippen molar-refractivity contribution in [1.29, 1.82) is 0 Å². The minimum absolute atomic E-state index is 0.113. The van der Waals surface area contributed by atoms with Crippen LogP contribution in [0.25, 0.3) is 5.65 Å². The average Bonchev–Trinajstić information content (AvgIpc) is 3.32. The van der Waals surface area contributed by atoms with Crippen LogP contribution >= 0.6 is 0 Å². The third-order valence-corrected chi connectivity index (χ3v) is 6.02. The van der Waals surface area contributed by atoms with Gasteiger partial charge in [0.1, 0.15) is 24.1 Å². The van der Waals surface area contributed by atoms with Gasteiger partial charge in [0.25, 0.3) is 5.91 Å². The maximum absolute atomic E-state index is 13.1. The lowest BCUT2D eigenvalue weighted by Crippen LogP contribution is -2.53. The van der Waals surface area contributed by atoms with E-state index in [4.69, 9.17) is 4.74 Å². The predicted octanol–water partition coefficient (Wildman–Crippen LogP) is 1.33. The maximum atomic E-state index is 13.1. The van der Waals surface area contributed by atoms with E-state index in [1.807, 2.05) is 36.4 Å². The third-order valence-electron chi connectivity index (χ3n) is 6.02. The van der Waals surface area contributed by atoms with Gasteiger partial charge in [-0.25, -0.2) is 9.50 Å². The Morgan fingerprint density at radius 3 is 2.76 bits per heavy atom. The van der Waals surface area contributed by atoms with Crippen molar-refractivity contribution < 1.29 is 19.1 Å².